The highest BCUT2D eigenvalue weighted by molar-refractivity contribution is 5.46. The van der Waals surface area contributed by atoms with Gasteiger partial charge in [0, 0.05) is 32.5 Å². The molecule has 124 valence electrons. The van der Waals surface area contributed by atoms with Crippen molar-refractivity contribution in [2.75, 3.05) is 30.4 Å². The fourth-order valence-electron chi connectivity index (χ4n) is 2.71. The molecule has 7 nitrogen and oxygen atoms in total. The van der Waals surface area contributed by atoms with Crippen LogP contribution < -0.4 is 10.6 Å². The molecule has 1 aliphatic heterocycles. The maximum absolute atomic E-state index is 5.48. The molecule has 0 aromatic carbocycles. The summed E-state index contributed by atoms with van der Waals surface area (Å²) in [6.45, 7) is 2.49. The number of hydrogen-bond donors (Lipinski definition) is 2. The molecule has 2 aromatic rings. The molecule has 0 aliphatic carbocycles. The maximum atomic E-state index is 5.48. The molecule has 1 atom stereocenters. The Bertz CT molecular complexity index is 608. The quantitative estimate of drug-likeness (QED) is 0.759. The molecular weight excluding hydrogens is 292 g/mol. The molecule has 3 heterocycles. The zero-order valence-corrected chi connectivity index (χ0v) is 13.5. The summed E-state index contributed by atoms with van der Waals surface area (Å²) in [5.41, 5.74) is 1.26. The summed E-state index contributed by atoms with van der Waals surface area (Å²) in [6.07, 6.45) is 9.83. The van der Waals surface area contributed by atoms with E-state index in [9.17, 15) is 0 Å². The first-order valence-corrected chi connectivity index (χ1v) is 8.17. The lowest BCUT2D eigenvalue weighted by Crippen LogP contribution is -2.30. The Morgan fingerprint density at radius 3 is 3.04 bits per heavy atom. The zero-order valence-electron chi connectivity index (χ0n) is 13.5. The minimum atomic E-state index is 0.345. The van der Waals surface area contributed by atoms with E-state index in [0.717, 1.165) is 57.1 Å². The summed E-state index contributed by atoms with van der Waals surface area (Å²) in [5.74, 6) is 1.70. The van der Waals surface area contributed by atoms with Gasteiger partial charge in [-0.2, -0.15) is 5.10 Å². The third-order valence-corrected chi connectivity index (χ3v) is 3.89. The normalized spacial score (nSPS) is 17.9. The van der Waals surface area contributed by atoms with Crippen LogP contribution in [0.5, 0.6) is 0 Å². The molecule has 0 spiro atoms. The molecule has 0 amide bonds. The lowest BCUT2D eigenvalue weighted by Gasteiger charge is -2.23. The Morgan fingerprint density at radius 2 is 2.26 bits per heavy atom. The molecule has 3 rings (SSSR count). The van der Waals surface area contributed by atoms with Gasteiger partial charge in [-0.1, -0.05) is 0 Å². The van der Waals surface area contributed by atoms with Gasteiger partial charge in [0.2, 0.25) is 0 Å². The predicted molar refractivity (Wildman–Crippen MR) is 89.5 cm³/mol. The highest BCUT2D eigenvalue weighted by atomic mass is 16.5. The summed E-state index contributed by atoms with van der Waals surface area (Å²) < 4.78 is 7.31. The number of rotatable bonds is 7. The first kappa shape index (κ1) is 15.7. The molecule has 0 radical (unpaired) electrons. The van der Waals surface area contributed by atoms with E-state index in [-0.39, 0.29) is 0 Å². The minimum absolute atomic E-state index is 0.345. The molecule has 1 saturated heterocycles. The van der Waals surface area contributed by atoms with Gasteiger partial charge >= 0.3 is 0 Å². The summed E-state index contributed by atoms with van der Waals surface area (Å²) in [4.78, 5) is 8.55. The summed E-state index contributed by atoms with van der Waals surface area (Å²) in [7, 11) is 1.94. The molecular formula is C16H24N6O. The second-order valence-electron chi connectivity index (χ2n) is 5.90. The van der Waals surface area contributed by atoms with Crippen molar-refractivity contribution in [1.29, 1.82) is 0 Å². The molecule has 1 aliphatic rings. The predicted octanol–water partition coefficient (Wildman–Crippen LogP) is 1.85. The Balaban J connectivity index is 1.43. The van der Waals surface area contributed by atoms with E-state index in [1.807, 2.05) is 24.0 Å². The van der Waals surface area contributed by atoms with Gasteiger partial charge < -0.3 is 15.4 Å². The maximum Gasteiger partial charge on any atom is 0.131 e. The molecule has 0 bridgehead atoms. The lowest BCUT2D eigenvalue weighted by atomic mass is 10.1. The van der Waals surface area contributed by atoms with Crippen LogP contribution >= 0.6 is 0 Å². The molecule has 23 heavy (non-hydrogen) atoms. The summed E-state index contributed by atoms with van der Waals surface area (Å²) >= 11 is 0. The smallest absolute Gasteiger partial charge is 0.131 e. The van der Waals surface area contributed by atoms with E-state index in [1.54, 1.807) is 6.33 Å². The van der Waals surface area contributed by atoms with E-state index < -0.39 is 0 Å². The highest BCUT2D eigenvalue weighted by Gasteiger charge is 2.14. The Morgan fingerprint density at radius 1 is 1.35 bits per heavy atom. The van der Waals surface area contributed by atoms with Crippen LogP contribution in [0.1, 0.15) is 24.8 Å². The lowest BCUT2D eigenvalue weighted by molar-refractivity contribution is 0.0875. The van der Waals surface area contributed by atoms with Gasteiger partial charge in [-0.15, -0.1) is 0 Å². The van der Waals surface area contributed by atoms with Crippen LogP contribution in [0.3, 0.4) is 0 Å². The minimum Gasteiger partial charge on any atom is -0.379 e. The second-order valence-corrected chi connectivity index (χ2v) is 5.90. The summed E-state index contributed by atoms with van der Waals surface area (Å²) in [5, 5.41) is 10.9. The van der Waals surface area contributed by atoms with Crippen molar-refractivity contribution in [1.82, 2.24) is 19.7 Å². The molecule has 1 fully saturated rings. The average Bonchev–Trinajstić information content (AvgIpc) is 2.98. The Labute approximate surface area is 136 Å². The summed E-state index contributed by atoms with van der Waals surface area (Å²) in [6, 6.07) is 2.30. The van der Waals surface area contributed by atoms with Crippen molar-refractivity contribution in [2.24, 2.45) is 7.05 Å². The van der Waals surface area contributed by atoms with Gasteiger partial charge in [-0.05, 0) is 31.2 Å². The third kappa shape index (κ3) is 4.92. The van der Waals surface area contributed by atoms with Crippen LogP contribution in [0.2, 0.25) is 0 Å². The largest absolute Gasteiger partial charge is 0.379 e. The first-order valence-electron chi connectivity index (χ1n) is 8.17. The van der Waals surface area contributed by atoms with Crippen LogP contribution in [0.15, 0.2) is 24.8 Å². The Kier molecular flexibility index (Phi) is 5.42. The van der Waals surface area contributed by atoms with Gasteiger partial charge in [-0.25, -0.2) is 9.97 Å². The van der Waals surface area contributed by atoms with Crippen LogP contribution in [-0.4, -0.2) is 45.5 Å². The Hall–Kier alpha value is -2.15. The van der Waals surface area contributed by atoms with Gasteiger partial charge in [0.05, 0.1) is 18.8 Å². The number of nitrogens with zero attached hydrogens (tertiary/aromatic N) is 4. The van der Waals surface area contributed by atoms with E-state index in [0.29, 0.717) is 6.04 Å². The van der Waals surface area contributed by atoms with E-state index >= 15 is 0 Å². The van der Waals surface area contributed by atoms with Crippen molar-refractivity contribution in [2.45, 2.75) is 31.7 Å². The van der Waals surface area contributed by atoms with Crippen molar-refractivity contribution >= 4 is 11.6 Å². The van der Waals surface area contributed by atoms with Gasteiger partial charge in [0.25, 0.3) is 0 Å². The number of nitrogens with one attached hydrogen (secondary N) is 2. The number of aromatic nitrogens is 4. The molecule has 7 heteroatoms. The zero-order chi connectivity index (χ0) is 15.9. The molecule has 0 saturated carbocycles. The fourth-order valence-corrected chi connectivity index (χ4v) is 2.71. The average molecular weight is 316 g/mol. The van der Waals surface area contributed by atoms with Crippen LogP contribution in [0, 0.1) is 0 Å². The second kappa shape index (κ2) is 7.92. The number of ether oxygens (including phenoxy) is 1. The molecule has 2 N–H and O–H groups in total. The molecule has 2 aromatic heterocycles. The topological polar surface area (TPSA) is 76.9 Å². The van der Waals surface area contributed by atoms with Crippen molar-refractivity contribution in [3.8, 4) is 0 Å². The van der Waals surface area contributed by atoms with E-state index in [2.05, 4.69) is 31.9 Å². The SMILES string of the molecule is Cn1cc(CCCNc2cc(N[C@H]3CCCOC3)ncn2)cn1. The third-order valence-electron chi connectivity index (χ3n) is 3.89. The fraction of sp³-hybridized carbons (Fsp3) is 0.562. The van der Waals surface area contributed by atoms with Crippen molar-refractivity contribution < 1.29 is 4.74 Å². The van der Waals surface area contributed by atoms with Gasteiger partial charge in [-0.3, -0.25) is 4.68 Å². The van der Waals surface area contributed by atoms with E-state index in [4.69, 9.17) is 4.74 Å². The first-order chi connectivity index (χ1) is 11.3. The van der Waals surface area contributed by atoms with Crippen molar-refractivity contribution in [3.05, 3.63) is 30.4 Å². The van der Waals surface area contributed by atoms with Gasteiger partial charge in [0.1, 0.15) is 18.0 Å². The van der Waals surface area contributed by atoms with Crippen LogP contribution in [0.25, 0.3) is 0 Å². The molecule has 0 unspecified atom stereocenters. The van der Waals surface area contributed by atoms with Crippen LogP contribution in [-0.2, 0) is 18.2 Å². The van der Waals surface area contributed by atoms with Crippen LogP contribution in [0.4, 0.5) is 11.6 Å². The standard InChI is InChI=1S/C16H24N6O/c1-22-10-13(9-20-22)4-2-6-17-15-8-16(19-12-18-15)21-14-5-3-7-23-11-14/h8-10,12,14H,2-7,11H2,1H3,(H2,17,18,19,21)/t14-/m0/s1. The van der Waals surface area contributed by atoms with Gasteiger partial charge in [0.15, 0.2) is 0 Å². The number of anilines is 2. The number of hydrogen-bond acceptors (Lipinski definition) is 6. The van der Waals surface area contributed by atoms with Crippen molar-refractivity contribution in [3.63, 3.8) is 0 Å². The monoisotopic (exact) mass is 316 g/mol. The number of aryl methyl sites for hydroxylation is 2. The highest BCUT2D eigenvalue weighted by Crippen LogP contribution is 2.14. The van der Waals surface area contributed by atoms with E-state index in [1.165, 1.54) is 5.56 Å².